The van der Waals surface area contributed by atoms with Crippen LogP contribution < -0.4 is 14.8 Å². The van der Waals surface area contributed by atoms with Crippen molar-refractivity contribution in [1.82, 2.24) is 5.32 Å². The highest BCUT2D eigenvalue weighted by Gasteiger charge is 2.41. The van der Waals surface area contributed by atoms with Gasteiger partial charge in [-0.15, -0.1) is 0 Å². The highest BCUT2D eigenvalue weighted by Crippen LogP contribution is 2.46. The van der Waals surface area contributed by atoms with Gasteiger partial charge in [0.15, 0.2) is 17.3 Å². The Morgan fingerprint density at radius 3 is 2.51 bits per heavy atom. The van der Waals surface area contributed by atoms with Crippen molar-refractivity contribution in [2.45, 2.75) is 44.9 Å². The number of carbonyl (C=O) groups excluding carboxylic acids is 2. The Morgan fingerprint density at radius 1 is 1.06 bits per heavy atom. The smallest absolute Gasteiger partial charge is 0.336 e. The van der Waals surface area contributed by atoms with Crippen LogP contribution in [-0.2, 0) is 14.3 Å². The van der Waals surface area contributed by atoms with E-state index in [1.54, 1.807) is 20.3 Å². The number of allylic oxidation sites excluding steroid dienone is 3. The van der Waals surface area contributed by atoms with Gasteiger partial charge in [-0.1, -0.05) is 36.7 Å². The van der Waals surface area contributed by atoms with E-state index >= 15 is 0 Å². The van der Waals surface area contributed by atoms with E-state index in [1.165, 1.54) is 0 Å². The molecule has 0 aromatic heterocycles. The lowest BCUT2D eigenvalue weighted by atomic mass is 9.71. The highest BCUT2D eigenvalue weighted by molar-refractivity contribution is 6.30. The van der Waals surface area contributed by atoms with E-state index in [2.05, 4.69) is 5.32 Å². The van der Waals surface area contributed by atoms with E-state index in [0.29, 0.717) is 59.2 Å². The van der Waals surface area contributed by atoms with Crippen molar-refractivity contribution < 1.29 is 23.8 Å². The summed E-state index contributed by atoms with van der Waals surface area (Å²) in [5.41, 5.74) is 4.38. The lowest BCUT2D eigenvalue weighted by molar-refractivity contribution is -0.139. The van der Waals surface area contributed by atoms with Crippen molar-refractivity contribution >= 4 is 23.4 Å². The number of carbonyl (C=O) groups is 2. The van der Waals surface area contributed by atoms with Gasteiger partial charge in [-0.2, -0.15) is 0 Å². The number of hydrogen-bond acceptors (Lipinski definition) is 6. The van der Waals surface area contributed by atoms with Crippen molar-refractivity contribution in [3.05, 3.63) is 81.2 Å². The average Bonchev–Trinajstić information content (AvgIpc) is 2.85. The van der Waals surface area contributed by atoms with Crippen LogP contribution in [-0.4, -0.2) is 32.6 Å². The van der Waals surface area contributed by atoms with E-state index in [1.807, 2.05) is 50.2 Å². The van der Waals surface area contributed by atoms with Crippen LogP contribution in [0.2, 0.25) is 5.02 Å². The molecule has 4 rings (SSSR count). The summed E-state index contributed by atoms with van der Waals surface area (Å²) in [6, 6.07) is 13.1. The minimum absolute atomic E-state index is 0.00296. The molecule has 2 aromatic rings. The minimum atomic E-state index is -0.534. The molecule has 6 nitrogen and oxygen atoms in total. The van der Waals surface area contributed by atoms with Crippen LogP contribution in [0.15, 0.2) is 65.0 Å². The normalized spacial score (nSPS) is 19.7. The Bertz CT molecular complexity index is 1220. The number of methoxy groups -OCH3 is 2. The molecule has 184 valence electrons. The maximum absolute atomic E-state index is 13.7. The number of Topliss-reactive ketones (excluding diaryl/α,β-unsaturated/α-hetero) is 1. The summed E-state index contributed by atoms with van der Waals surface area (Å²) in [5, 5.41) is 3.92. The quantitative estimate of drug-likeness (QED) is 0.499. The number of ether oxygens (including phenoxy) is 3. The number of nitrogens with one attached hydrogen (secondary N) is 1. The molecular formula is C28H30ClNO5. The molecule has 2 atom stereocenters. The molecule has 0 saturated carbocycles. The van der Waals surface area contributed by atoms with Gasteiger partial charge in [0.1, 0.15) is 0 Å². The second kappa shape index (κ2) is 10.6. The third kappa shape index (κ3) is 4.94. The number of halogens is 1. The molecule has 1 N–H and O–H groups in total. The highest BCUT2D eigenvalue weighted by atomic mass is 35.5. The standard InChI is InChI=1S/C28H30ClNO5/c1-5-11-35-28(32)25-16(2)30-21-13-19(17-9-10-23(33-3)24(15-17)34-4)14-22(31)27(21)26(25)18-7-6-8-20(29)12-18/h6-10,12,15,19,26,30H,5,11,13-14H2,1-4H3/t19-,26+/m0/s1. The first kappa shape index (κ1) is 24.9. The third-order valence-corrected chi connectivity index (χ3v) is 6.78. The first-order valence-electron chi connectivity index (χ1n) is 11.8. The van der Waals surface area contributed by atoms with Crippen LogP contribution in [0.1, 0.15) is 56.1 Å². The Labute approximate surface area is 210 Å². The van der Waals surface area contributed by atoms with Crippen molar-refractivity contribution in [3.63, 3.8) is 0 Å². The minimum Gasteiger partial charge on any atom is -0.493 e. The van der Waals surface area contributed by atoms with Gasteiger partial charge < -0.3 is 19.5 Å². The summed E-state index contributed by atoms with van der Waals surface area (Å²) in [7, 11) is 3.19. The zero-order valence-corrected chi connectivity index (χ0v) is 21.2. The van der Waals surface area contributed by atoms with Crippen molar-refractivity contribution in [1.29, 1.82) is 0 Å². The van der Waals surface area contributed by atoms with Crippen molar-refractivity contribution in [2.75, 3.05) is 20.8 Å². The van der Waals surface area contributed by atoms with Gasteiger partial charge in [0.25, 0.3) is 0 Å². The summed E-state index contributed by atoms with van der Waals surface area (Å²) in [5.74, 6) is 0.287. The van der Waals surface area contributed by atoms with Gasteiger partial charge in [0, 0.05) is 34.3 Å². The Balaban J connectivity index is 1.76. The molecule has 0 spiro atoms. The molecule has 0 saturated heterocycles. The number of benzene rings is 2. The molecule has 1 aliphatic heterocycles. The van der Waals surface area contributed by atoms with E-state index < -0.39 is 11.9 Å². The zero-order chi connectivity index (χ0) is 25.1. The third-order valence-electron chi connectivity index (χ3n) is 6.55. The topological polar surface area (TPSA) is 73.9 Å². The predicted molar refractivity (Wildman–Crippen MR) is 135 cm³/mol. The molecule has 0 amide bonds. The summed E-state index contributed by atoms with van der Waals surface area (Å²) < 4.78 is 16.3. The molecule has 35 heavy (non-hydrogen) atoms. The molecule has 0 unspecified atom stereocenters. The van der Waals surface area contributed by atoms with E-state index in [9.17, 15) is 9.59 Å². The maximum atomic E-state index is 13.7. The molecule has 0 radical (unpaired) electrons. The Hall–Kier alpha value is -3.25. The summed E-state index contributed by atoms with van der Waals surface area (Å²) in [4.78, 5) is 26.8. The van der Waals surface area contributed by atoms with E-state index in [0.717, 1.165) is 16.8 Å². The van der Waals surface area contributed by atoms with Gasteiger partial charge >= 0.3 is 5.97 Å². The molecule has 0 bridgehead atoms. The molecule has 2 aliphatic rings. The lowest BCUT2D eigenvalue weighted by Crippen LogP contribution is -2.36. The number of ketones is 1. The van der Waals surface area contributed by atoms with Crippen LogP contribution in [0.25, 0.3) is 0 Å². The molecule has 7 heteroatoms. The van der Waals surface area contributed by atoms with Crippen molar-refractivity contribution in [2.24, 2.45) is 0 Å². The lowest BCUT2D eigenvalue weighted by Gasteiger charge is -2.36. The largest absolute Gasteiger partial charge is 0.493 e. The van der Waals surface area contributed by atoms with Gasteiger partial charge in [0.05, 0.1) is 26.4 Å². The fraction of sp³-hybridized carbons (Fsp3) is 0.357. The molecule has 0 fully saturated rings. The van der Waals surface area contributed by atoms with Crippen molar-refractivity contribution in [3.8, 4) is 11.5 Å². The Morgan fingerprint density at radius 2 is 1.83 bits per heavy atom. The van der Waals surface area contributed by atoms with Crippen LogP contribution in [0.3, 0.4) is 0 Å². The molecular weight excluding hydrogens is 466 g/mol. The van der Waals surface area contributed by atoms with Crippen LogP contribution in [0, 0.1) is 0 Å². The summed E-state index contributed by atoms with van der Waals surface area (Å²) >= 11 is 6.31. The van der Waals surface area contributed by atoms with Gasteiger partial charge in [-0.05, 0) is 61.1 Å². The number of rotatable bonds is 7. The monoisotopic (exact) mass is 495 g/mol. The number of dihydropyridines is 1. The van der Waals surface area contributed by atoms with Crippen LogP contribution in [0.5, 0.6) is 11.5 Å². The molecule has 1 heterocycles. The zero-order valence-electron chi connectivity index (χ0n) is 20.4. The van der Waals surface area contributed by atoms with E-state index in [4.69, 9.17) is 25.8 Å². The first-order chi connectivity index (χ1) is 16.9. The van der Waals surface area contributed by atoms with Crippen LogP contribution in [0.4, 0.5) is 0 Å². The van der Waals surface area contributed by atoms with Gasteiger partial charge in [0.2, 0.25) is 0 Å². The van der Waals surface area contributed by atoms with Crippen LogP contribution >= 0.6 is 11.6 Å². The SMILES string of the molecule is CCCOC(=O)C1=C(C)NC2=C(C(=O)C[C@@H](c3ccc(OC)c(OC)c3)C2)[C@@H]1c1cccc(Cl)c1. The second-order valence-corrected chi connectivity index (χ2v) is 9.26. The van der Waals surface area contributed by atoms with Gasteiger partial charge in [-0.25, -0.2) is 4.79 Å². The predicted octanol–water partition coefficient (Wildman–Crippen LogP) is 5.67. The fourth-order valence-corrected chi connectivity index (χ4v) is 5.14. The summed E-state index contributed by atoms with van der Waals surface area (Å²) in [6.07, 6.45) is 1.67. The van der Waals surface area contributed by atoms with Gasteiger partial charge in [-0.3, -0.25) is 4.79 Å². The molecule has 2 aromatic carbocycles. The summed E-state index contributed by atoms with van der Waals surface area (Å²) in [6.45, 7) is 4.12. The second-order valence-electron chi connectivity index (χ2n) is 8.82. The number of esters is 1. The number of hydrogen-bond donors (Lipinski definition) is 1. The maximum Gasteiger partial charge on any atom is 0.336 e. The first-order valence-corrected chi connectivity index (χ1v) is 12.1. The molecule has 1 aliphatic carbocycles. The van der Waals surface area contributed by atoms with E-state index in [-0.39, 0.29) is 11.7 Å². The average molecular weight is 496 g/mol. The fourth-order valence-electron chi connectivity index (χ4n) is 4.94. The Kier molecular flexibility index (Phi) is 7.51.